The number of carbonyl (C=O) groups is 1. The number of thioether (sulfide) groups is 1. The van der Waals surface area contributed by atoms with Crippen molar-refractivity contribution >= 4 is 28.4 Å². The van der Waals surface area contributed by atoms with E-state index in [-0.39, 0.29) is 17.1 Å². The van der Waals surface area contributed by atoms with Crippen LogP contribution in [-0.2, 0) is 0 Å². The summed E-state index contributed by atoms with van der Waals surface area (Å²) in [4.78, 5) is 14.8. The van der Waals surface area contributed by atoms with Crippen molar-refractivity contribution < 1.29 is 9.18 Å². The van der Waals surface area contributed by atoms with Crippen LogP contribution in [0.1, 0.15) is 21.3 Å². The van der Waals surface area contributed by atoms with Gasteiger partial charge in [0.2, 0.25) is 0 Å². The summed E-state index contributed by atoms with van der Waals surface area (Å²) in [5.74, 6) is 0.596. The molecule has 4 heteroatoms. The van der Waals surface area contributed by atoms with Crippen LogP contribution in [0.2, 0.25) is 0 Å². The highest BCUT2D eigenvalue weighted by atomic mass is 32.2. The standard InChI is InChI=1S/C20H16FNOS/c21-18-7-3-6-17(13-18)20-22(10-11-24-20)19(23)16-9-8-14-4-1-2-5-15(14)12-16/h1-9,12-13,20H,10-11H2/t20-/m1/s1. The molecule has 4 rings (SSSR count). The molecule has 0 aliphatic carbocycles. The van der Waals surface area contributed by atoms with E-state index in [1.807, 2.05) is 53.4 Å². The summed E-state index contributed by atoms with van der Waals surface area (Å²) < 4.78 is 13.5. The highest BCUT2D eigenvalue weighted by molar-refractivity contribution is 7.99. The molecular weight excluding hydrogens is 321 g/mol. The Kier molecular flexibility index (Phi) is 3.98. The van der Waals surface area contributed by atoms with Crippen molar-refractivity contribution in [2.24, 2.45) is 0 Å². The summed E-state index contributed by atoms with van der Waals surface area (Å²) in [6, 6.07) is 20.3. The Bertz CT molecular complexity index is 911. The second-order valence-corrected chi connectivity index (χ2v) is 7.03. The smallest absolute Gasteiger partial charge is 0.255 e. The maximum Gasteiger partial charge on any atom is 0.255 e. The highest BCUT2D eigenvalue weighted by Crippen LogP contribution is 2.39. The van der Waals surface area contributed by atoms with Crippen molar-refractivity contribution in [2.75, 3.05) is 12.3 Å². The zero-order chi connectivity index (χ0) is 16.5. The van der Waals surface area contributed by atoms with Gasteiger partial charge in [0.15, 0.2) is 0 Å². The molecule has 1 heterocycles. The van der Waals surface area contributed by atoms with Crippen LogP contribution in [0.4, 0.5) is 4.39 Å². The van der Waals surface area contributed by atoms with Crippen molar-refractivity contribution in [3.63, 3.8) is 0 Å². The minimum atomic E-state index is -0.266. The third kappa shape index (κ3) is 2.78. The molecule has 120 valence electrons. The van der Waals surface area contributed by atoms with Crippen molar-refractivity contribution in [3.05, 3.63) is 83.7 Å². The first-order valence-electron chi connectivity index (χ1n) is 7.89. The fourth-order valence-electron chi connectivity index (χ4n) is 3.10. The normalized spacial score (nSPS) is 17.4. The number of halogens is 1. The molecule has 2 nitrogen and oxygen atoms in total. The van der Waals surface area contributed by atoms with Gasteiger partial charge in [0.25, 0.3) is 5.91 Å². The lowest BCUT2D eigenvalue weighted by molar-refractivity contribution is 0.0760. The van der Waals surface area contributed by atoms with Crippen LogP contribution in [0.3, 0.4) is 0 Å². The van der Waals surface area contributed by atoms with Crippen LogP contribution in [0.5, 0.6) is 0 Å². The molecule has 3 aromatic rings. The van der Waals surface area contributed by atoms with Gasteiger partial charge in [0, 0.05) is 17.9 Å². The third-order valence-corrected chi connectivity index (χ3v) is 5.54. The lowest BCUT2D eigenvalue weighted by Gasteiger charge is -2.24. The van der Waals surface area contributed by atoms with Gasteiger partial charge in [0.1, 0.15) is 11.2 Å². The van der Waals surface area contributed by atoms with E-state index in [1.165, 1.54) is 12.1 Å². The van der Waals surface area contributed by atoms with Crippen LogP contribution in [0, 0.1) is 5.82 Å². The van der Waals surface area contributed by atoms with Gasteiger partial charge >= 0.3 is 0 Å². The minimum absolute atomic E-state index is 0.0000132. The molecule has 1 amide bonds. The van der Waals surface area contributed by atoms with E-state index in [0.717, 1.165) is 22.1 Å². The molecule has 1 fully saturated rings. The largest absolute Gasteiger partial charge is 0.322 e. The monoisotopic (exact) mass is 337 g/mol. The molecule has 0 unspecified atom stereocenters. The Balaban J connectivity index is 1.66. The molecule has 1 aliphatic heterocycles. The first-order valence-corrected chi connectivity index (χ1v) is 8.94. The van der Waals surface area contributed by atoms with Crippen LogP contribution in [0.25, 0.3) is 10.8 Å². The number of rotatable bonds is 2. The minimum Gasteiger partial charge on any atom is -0.322 e. The maximum atomic E-state index is 13.5. The molecule has 1 atom stereocenters. The van der Waals surface area contributed by atoms with E-state index < -0.39 is 0 Å². The molecule has 24 heavy (non-hydrogen) atoms. The number of hydrogen-bond acceptors (Lipinski definition) is 2. The molecule has 0 N–H and O–H groups in total. The lowest BCUT2D eigenvalue weighted by Crippen LogP contribution is -2.30. The summed E-state index contributed by atoms with van der Waals surface area (Å²) >= 11 is 1.68. The fourth-order valence-corrected chi connectivity index (χ4v) is 4.35. The van der Waals surface area contributed by atoms with Gasteiger partial charge in [-0.25, -0.2) is 4.39 Å². The van der Waals surface area contributed by atoms with Crippen LogP contribution < -0.4 is 0 Å². The Morgan fingerprint density at radius 1 is 1.00 bits per heavy atom. The molecular formula is C20H16FNOS. The first kappa shape index (κ1) is 15.2. The molecule has 1 aliphatic rings. The van der Waals surface area contributed by atoms with E-state index in [1.54, 1.807) is 17.8 Å². The lowest BCUT2D eigenvalue weighted by atomic mass is 10.1. The van der Waals surface area contributed by atoms with Crippen LogP contribution >= 0.6 is 11.8 Å². The number of benzene rings is 3. The molecule has 0 radical (unpaired) electrons. The summed E-state index contributed by atoms with van der Waals surface area (Å²) in [6.45, 7) is 0.678. The Hall–Kier alpha value is -2.33. The van der Waals surface area contributed by atoms with Crippen molar-refractivity contribution in [2.45, 2.75) is 5.37 Å². The number of hydrogen-bond donors (Lipinski definition) is 0. The average Bonchev–Trinajstić information content (AvgIpc) is 3.10. The van der Waals surface area contributed by atoms with Crippen molar-refractivity contribution in [1.82, 2.24) is 4.90 Å². The molecule has 1 saturated heterocycles. The summed E-state index contributed by atoms with van der Waals surface area (Å²) in [5.41, 5.74) is 1.52. The van der Waals surface area contributed by atoms with Gasteiger partial charge in [0.05, 0.1) is 0 Å². The van der Waals surface area contributed by atoms with Crippen molar-refractivity contribution in [1.29, 1.82) is 0 Å². The van der Waals surface area contributed by atoms with Gasteiger partial charge in [-0.1, -0.05) is 42.5 Å². The summed E-state index contributed by atoms with van der Waals surface area (Å²) in [5, 5.41) is 2.05. The third-order valence-electron chi connectivity index (χ3n) is 4.28. The number of amides is 1. The Morgan fingerprint density at radius 2 is 1.83 bits per heavy atom. The van der Waals surface area contributed by atoms with Gasteiger partial charge in [-0.05, 0) is 40.6 Å². The quantitative estimate of drug-likeness (QED) is 0.665. The van der Waals surface area contributed by atoms with Crippen molar-refractivity contribution in [3.8, 4) is 0 Å². The second-order valence-electron chi connectivity index (χ2n) is 5.84. The Morgan fingerprint density at radius 3 is 2.67 bits per heavy atom. The van der Waals surface area contributed by atoms with E-state index in [2.05, 4.69) is 0 Å². The highest BCUT2D eigenvalue weighted by Gasteiger charge is 2.31. The van der Waals surface area contributed by atoms with E-state index in [9.17, 15) is 9.18 Å². The maximum absolute atomic E-state index is 13.5. The average molecular weight is 337 g/mol. The van der Waals surface area contributed by atoms with E-state index in [0.29, 0.717) is 12.1 Å². The van der Waals surface area contributed by atoms with Crippen LogP contribution in [0.15, 0.2) is 66.7 Å². The van der Waals surface area contributed by atoms with Gasteiger partial charge < -0.3 is 4.90 Å². The molecule has 0 saturated carbocycles. The van der Waals surface area contributed by atoms with Gasteiger partial charge in [-0.15, -0.1) is 11.8 Å². The zero-order valence-corrected chi connectivity index (χ0v) is 13.8. The molecule has 3 aromatic carbocycles. The zero-order valence-electron chi connectivity index (χ0n) is 13.0. The topological polar surface area (TPSA) is 20.3 Å². The summed E-state index contributed by atoms with van der Waals surface area (Å²) in [6.07, 6.45) is 0. The van der Waals surface area contributed by atoms with E-state index >= 15 is 0 Å². The van der Waals surface area contributed by atoms with Gasteiger partial charge in [-0.3, -0.25) is 4.79 Å². The number of nitrogens with zero attached hydrogens (tertiary/aromatic N) is 1. The second kappa shape index (κ2) is 6.29. The Labute approximate surface area is 144 Å². The predicted molar refractivity (Wildman–Crippen MR) is 96.6 cm³/mol. The molecule has 0 spiro atoms. The van der Waals surface area contributed by atoms with Gasteiger partial charge in [-0.2, -0.15) is 0 Å². The summed E-state index contributed by atoms with van der Waals surface area (Å²) in [7, 11) is 0. The number of fused-ring (bicyclic) bond motifs is 1. The van der Waals surface area contributed by atoms with E-state index in [4.69, 9.17) is 0 Å². The fraction of sp³-hybridized carbons (Fsp3) is 0.150. The molecule has 0 bridgehead atoms. The predicted octanol–water partition coefficient (Wildman–Crippen LogP) is 4.87. The first-order chi connectivity index (χ1) is 11.7. The molecule has 0 aromatic heterocycles. The number of carbonyl (C=O) groups excluding carboxylic acids is 1. The van der Waals surface area contributed by atoms with Crippen LogP contribution in [-0.4, -0.2) is 23.1 Å². The SMILES string of the molecule is O=C(c1ccc2ccccc2c1)N1CCS[C@@H]1c1cccc(F)c1.